The predicted molar refractivity (Wildman–Crippen MR) is 108 cm³/mol. The molecule has 3 aromatic rings. The van der Waals surface area contributed by atoms with E-state index < -0.39 is 6.10 Å². The van der Waals surface area contributed by atoms with E-state index in [1.54, 1.807) is 6.20 Å². The third-order valence-corrected chi connectivity index (χ3v) is 6.61. The molecule has 3 heterocycles. The van der Waals surface area contributed by atoms with E-state index in [0.717, 1.165) is 43.9 Å². The maximum atomic E-state index is 11.5. The van der Waals surface area contributed by atoms with Crippen LogP contribution in [0.15, 0.2) is 61.2 Å². The molecule has 5 nitrogen and oxygen atoms in total. The summed E-state index contributed by atoms with van der Waals surface area (Å²) in [6.07, 6.45) is 7.06. The molecule has 5 rings (SSSR count). The van der Waals surface area contributed by atoms with E-state index in [2.05, 4.69) is 55.8 Å². The van der Waals surface area contributed by atoms with Gasteiger partial charge in [0, 0.05) is 30.0 Å². The van der Waals surface area contributed by atoms with Crippen LogP contribution in [0.25, 0.3) is 0 Å². The van der Waals surface area contributed by atoms with E-state index in [1.165, 1.54) is 11.1 Å². The summed E-state index contributed by atoms with van der Waals surface area (Å²) < 4.78 is 2.06. The number of aliphatic hydroxyl groups is 1. The van der Waals surface area contributed by atoms with Crippen molar-refractivity contribution in [2.75, 3.05) is 13.1 Å². The van der Waals surface area contributed by atoms with Crippen molar-refractivity contribution in [3.63, 3.8) is 0 Å². The molecule has 2 aromatic heterocycles. The van der Waals surface area contributed by atoms with Gasteiger partial charge in [-0.25, -0.2) is 4.98 Å². The highest BCUT2D eigenvalue weighted by atomic mass is 16.3. The molecule has 28 heavy (non-hydrogen) atoms. The number of benzene rings is 1. The van der Waals surface area contributed by atoms with Crippen molar-refractivity contribution >= 4 is 0 Å². The van der Waals surface area contributed by atoms with Gasteiger partial charge in [-0.2, -0.15) is 0 Å². The Morgan fingerprint density at radius 1 is 1.11 bits per heavy atom. The van der Waals surface area contributed by atoms with Crippen LogP contribution in [-0.4, -0.2) is 43.7 Å². The van der Waals surface area contributed by atoms with Crippen molar-refractivity contribution in [2.45, 2.75) is 43.9 Å². The number of imidazole rings is 1. The summed E-state index contributed by atoms with van der Waals surface area (Å²) in [5.41, 5.74) is 4.56. The Hall–Kier alpha value is -2.50. The van der Waals surface area contributed by atoms with Crippen molar-refractivity contribution < 1.29 is 5.11 Å². The quantitative estimate of drug-likeness (QED) is 0.765. The molecule has 0 unspecified atom stereocenters. The molecule has 2 atom stereocenters. The summed E-state index contributed by atoms with van der Waals surface area (Å²) in [6.45, 7) is 4.85. The lowest BCUT2D eigenvalue weighted by atomic mass is 9.72. The van der Waals surface area contributed by atoms with Gasteiger partial charge < -0.3 is 9.67 Å². The van der Waals surface area contributed by atoms with Gasteiger partial charge in [-0.3, -0.25) is 9.88 Å². The first-order valence-corrected chi connectivity index (χ1v) is 10.1. The Balaban J connectivity index is 1.40. The summed E-state index contributed by atoms with van der Waals surface area (Å²) in [7, 11) is 0. The van der Waals surface area contributed by atoms with Crippen LogP contribution in [-0.2, 0) is 12.0 Å². The number of hydrogen-bond acceptors (Lipinski definition) is 4. The van der Waals surface area contributed by atoms with Crippen molar-refractivity contribution in [2.24, 2.45) is 0 Å². The van der Waals surface area contributed by atoms with Gasteiger partial charge in [0.15, 0.2) is 0 Å². The normalized spacial score (nSPS) is 23.8. The van der Waals surface area contributed by atoms with Crippen LogP contribution in [0.5, 0.6) is 0 Å². The number of nitrogens with zero attached hydrogens (tertiary/aromatic N) is 4. The highest BCUT2D eigenvalue weighted by Gasteiger charge is 2.52. The molecule has 1 spiro atoms. The molecule has 0 saturated carbocycles. The molecule has 1 N–H and O–H groups in total. The first kappa shape index (κ1) is 17.6. The largest absolute Gasteiger partial charge is 0.390 e. The Bertz CT molecular complexity index is 960. The Kier molecular flexibility index (Phi) is 4.29. The van der Waals surface area contributed by atoms with Crippen molar-refractivity contribution in [1.29, 1.82) is 0 Å². The molecule has 0 bridgehead atoms. The molecule has 144 valence electrons. The first-order valence-electron chi connectivity index (χ1n) is 10.1. The maximum absolute atomic E-state index is 11.5. The number of pyridine rings is 1. The molecule has 0 radical (unpaired) electrons. The van der Waals surface area contributed by atoms with Crippen LogP contribution >= 0.6 is 0 Å². The minimum atomic E-state index is -0.432. The molecule has 1 fully saturated rings. The fourth-order valence-electron chi connectivity index (χ4n) is 5.19. The molecule has 0 amide bonds. The number of aryl methyl sites for hydroxylation is 1. The van der Waals surface area contributed by atoms with Crippen LogP contribution in [0.2, 0.25) is 0 Å². The number of rotatable bonds is 3. The summed E-state index contributed by atoms with van der Waals surface area (Å²) in [5, 5.41) is 11.5. The fraction of sp³-hybridized carbons (Fsp3) is 0.391. The van der Waals surface area contributed by atoms with E-state index in [-0.39, 0.29) is 11.5 Å². The number of piperidine rings is 1. The van der Waals surface area contributed by atoms with Crippen molar-refractivity contribution in [3.8, 4) is 0 Å². The second kappa shape index (κ2) is 6.83. The Morgan fingerprint density at radius 2 is 1.93 bits per heavy atom. The number of likely N-dealkylation sites (tertiary alicyclic amines) is 1. The van der Waals surface area contributed by atoms with E-state index in [9.17, 15) is 5.11 Å². The van der Waals surface area contributed by atoms with Gasteiger partial charge in [0.2, 0.25) is 0 Å². The van der Waals surface area contributed by atoms with E-state index in [0.29, 0.717) is 0 Å². The van der Waals surface area contributed by atoms with Crippen molar-refractivity contribution in [1.82, 2.24) is 19.4 Å². The second-order valence-corrected chi connectivity index (χ2v) is 8.19. The zero-order valence-electron chi connectivity index (χ0n) is 16.2. The minimum absolute atomic E-state index is 0.0521. The lowest BCUT2D eigenvalue weighted by molar-refractivity contribution is 0.0203. The van der Waals surface area contributed by atoms with E-state index in [4.69, 9.17) is 0 Å². The second-order valence-electron chi connectivity index (χ2n) is 8.19. The first-order chi connectivity index (χ1) is 13.7. The average molecular weight is 374 g/mol. The van der Waals surface area contributed by atoms with Gasteiger partial charge in [-0.15, -0.1) is 0 Å². The molecule has 1 aliphatic heterocycles. The summed E-state index contributed by atoms with van der Waals surface area (Å²) >= 11 is 0. The molecular weight excluding hydrogens is 348 g/mol. The van der Waals surface area contributed by atoms with Gasteiger partial charge >= 0.3 is 0 Å². The highest BCUT2D eigenvalue weighted by molar-refractivity contribution is 5.46. The SMILES string of the molecule is Cc1cccc(CN2CCC3(CC2)c2ccccc2[C@@H](n2ccnc2)[C@@H]3O)n1. The monoisotopic (exact) mass is 374 g/mol. The van der Waals surface area contributed by atoms with Gasteiger partial charge in [-0.05, 0) is 56.1 Å². The highest BCUT2D eigenvalue weighted by Crippen LogP contribution is 2.52. The van der Waals surface area contributed by atoms with Crippen LogP contribution in [0.1, 0.15) is 41.4 Å². The molecular formula is C23H26N4O. The van der Waals surface area contributed by atoms with Crippen LogP contribution in [0.3, 0.4) is 0 Å². The number of aromatic nitrogens is 3. The number of aliphatic hydroxyl groups excluding tert-OH is 1. The van der Waals surface area contributed by atoms with Gasteiger partial charge in [0.25, 0.3) is 0 Å². The molecule has 2 aliphatic rings. The average Bonchev–Trinajstić information content (AvgIpc) is 3.30. The standard InChI is InChI=1S/C23H26N4O/c1-17-5-4-6-18(25-17)15-26-12-9-23(10-13-26)20-8-3-2-7-19(20)21(22(23)28)27-14-11-24-16-27/h2-8,11,14,16,21-22,28H,9-10,12-13,15H2,1H3/t21-,22+/m1/s1. The van der Waals surface area contributed by atoms with Crippen LogP contribution in [0.4, 0.5) is 0 Å². The molecule has 1 aromatic carbocycles. The lowest BCUT2D eigenvalue weighted by Crippen LogP contribution is -2.48. The third kappa shape index (κ3) is 2.77. The number of fused-ring (bicyclic) bond motifs is 2. The maximum Gasteiger partial charge on any atom is 0.0952 e. The zero-order valence-corrected chi connectivity index (χ0v) is 16.2. The minimum Gasteiger partial charge on any atom is -0.390 e. The summed E-state index contributed by atoms with van der Waals surface area (Å²) in [5.74, 6) is 0. The summed E-state index contributed by atoms with van der Waals surface area (Å²) in [6, 6.07) is 14.7. The predicted octanol–water partition coefficient (Wildman–Crippen LogP) is 3.08. The van der Waals surface area contributed by atoms with Gasteiger partial charge in [0.1, 0.15) is 0 Å². The van der Waals surface area contributed by atoms with Crippen LogP contribution in [0, 0.1) is 6.92 Å². The van der Waals surface area contributed by atoms with Gasteiger partial charge in [0.05, 0.1) is 24.2 Å². The van der Waals surface area contributed by atoms with E-state index >= 15 is 0 Å². The zero-order chi connectivity index (χ0) is 19.1. The molecule has 1 aliphatic carbocycles. The fourth-order valence-corrected chi connectivity index (χ4v) is 5.19. The number of hydrogen-bond donors (Lipinski definition) is 1. The summed E-state index contributed by atoms with van der Waals surface area (Å²) in [4.78, 5) is 11.3. The van der Waals surface area contributed by atoms with Crippen LogP contribution < -0.4 is 0 Å². The third-order valence-electron chi connectivity index (χ3n) is 6.61. The Labute approximate surface area is 165 Å². The topological polar surface area (TPSA) is 54.2 Å². The smallest absolute Gasteiger partial charge is 0.0952 e. The molecule has 1 saturated heterocycles. The van der Waals surface area contributed by atoms with Gasteiger partial charge in [-0.1, -0.05) is 30.3 Å². The Morgan fingerprint density at radius 3 is 2.68 bits per heavy atom. The van der Waals surface area contributed by atoms with E-state index in [1.807, 2.05) is 25.5 Å². The van der Waals surface area contributed by atoms with Crippen molar-refractivity contribution in [3.05, 3.63) is 83.7 Å². The molecule has 5 heteroatoms. The lowest BCUT2D eigenvalue weighted by Gasteiger charge is -2.42.